The summed E-state index contributed by atoms with van der Waals surface area (Å²) in [5, 5.41) is 3.18. The van der Waals surface area contributed by atoms with Gasteiger partial charge in [-0.3, -0.25) is 4.79 Å². The van der Waals surface area contributed by atoms with Gasteiger partial charge in [0.1, 0.15) is 11.5 Å². The van der Waals surface area contributed by atoms with Crippen molar-refractivity contribution in [3.63, 3.8) is 0 Å². The lowest BCUT2D eigenvalue weighted by molar-refractivity contribution is -0.117. The van der Waals surface area contributed by atoms with E-state index < -0.39 is 0 Å². The minimum atomic E-state index is -0.0495. The molecule has 7 heteroatoms. The van der Waals surface area contributed by atoms with Crippen molar-refractivity contribution in [1.29, 1.82) is 0 Å². The van der Waals surface area contributed by atoms with Crippen LogP contribution in [0.15, 0.2) is 78.9 Å². The van der Waals surface area contributed by atoms with E-state index in [4.69, 9.17) is 21.1 Å². The number of methoxy groups -OCH3 is 1. The molecule has 1 N–H and O–H groups in total. The third kappa shape index (κ3) is 5.76. The maximum absolute atomic E-state index is 13.1. The largest absolute Gasteiger partial charge is 0.496 e. The van der Waals surface area contributed by atoms with Crippen LogP contribution in [0.3, 0.4) is 0 Å². The maximum atomic E-state index is 13.1. The van der Waals surface area contributed by atoms with Crippen molar-refractivity contribution >= 4 is 36.7 Å². The van der Waals surface area contributed by atoms with Crippen LogP contribution in [0.5, 0.6) is 11.5 Å². The Balaban J connectivity index is 1.82. The summed E-state index contributed by atoms with van der Waals surface area (Å²) in [6.07, 6.45) is 0. The SMILES string of the molecule is COc1cc(OP=S)ccc1CN(C(=O)CNc1ccccc1)c1ccccc1. The topological polar surface area (TPSA) is 50.8 Å². The van der Waals surface area contributed by atoms with E-state index in [1.165, 1.54) is 0 Å². The minimum Gasteiger partial charge on any atom is -0.496 e. The molecule has 0 unspecified atom stereocenters. The van der Waals surface area contributed by atoms with Crippen molar-refractivity contribution in [2.45, 2.75) is 6.54 Å². The van der Waals surface area contributed by atoms with E-state index in [1.54, 1.807) is 18.1 Å². The van der Waals surface area contributed by atoms with E-state index in [0.29, 0.717) is 25.6 Å². The van der Waals surface area contributed by atoms with E-state index in [0.717, 1.165) is 16.9 Å². The van der Waals surface area contributed by atoms with Crippen molar-refractivity contribution in [1.82, 2.24) is 0 Å². The molecule has 0 heterocycles. The van der Waals surface area contributed by atoms with Gasteiger partial charge >= 0.3 is 0 Å². The number of carbonyl (C=O) groups is 1. The molecule has 0 saturated heterocycles. The van der Waals surface area contributed by atoms with Crippen LogP contribution in [-0.4, -0.2) is 19.6 Å². The first-order chi connectivity index (χ1) is 14.2. The minimum absolute atomic E-state index is 0.0495. The highest BCUT2D eigenvalue weighted by molar-refractivity contribution is 7.94. The maximum Gasteiger partial charge on any atom is 0.246 e. The van der Waals surface area contributed by atoms with Gasteiger partial charge in [-0.1, -0.05) is 36.4 Å². The molecule has 5 nitrogen and oxygen atoms in total. The quantitative estimate of drug-likeness (QED) is 0.488. The number of carbonyl (C=O) groups excluding carboxylic acids is 1. The number of benzene rings is 3. The lowest BCUT2D eigenvalue weighted by Crippen LogP contribution is -2.35. The highest BCUT2D eigenvalue weighted by atomic mass is 32.4. The van der Waals surface area contributed by atoms with Crippen molar-refractivity contribution < 1.29 is 14.1 Å². The van der Waals surface area contributed by atoms with Crippen LogP contribution < -0.4 is 19.5 Å². The smallest absolute Gasteiger partial charge is 0.246 e. The highest BCUT2D eigenvalue weighted by Gasteiger charge is 2.18. The lowest BCUT2D eigenvalue weighted by atomic mass is 10.1. The van der Waals surface area contributed by atoms with E-state index >= 15 is 0 Å². The molecule has 3 aromatic rings. The summed E-state index contributed by atoms with van der Waals surface area (Å²) in [4.78, 5) is 14.8. The first-order valence-electron chi connectivity index (χ1n) is 9.02. The predicted molar refractivity (Wildman–Crippen MR) is 120 cm³/mol. The zero-order valence-corrected chi connectivity index (χ0v) is 17.7. The van der Waals surface area contributed by atoms with E-state index in [2.05, 4.69) is 5.32 Å². The molecule has 0 saturated carbocycles. The lowest BCUT2D eigenvalue weighted by Gasteiger charge is -2.24. The molecular formula is C22H21N2O3PS. The molecule has 29 heavy (non-hydrogen) atoms. The number of amides is 1. The molecule has 1 amide bonds. The molecule has 0 atom stereocenters. The number of rotatable bonds is 9. The average Bonchev–Trinajstić information content (AvgIpc) is 2.78. The van der Waals surface area contributed by atoms with Gasteiger partial charge in [0.05, 0.1) is 20.2 Å². The van der Waals surface area contributed by atoms with Gasteiger partial charge in [-0.05, 0) is 48.2 Å². The van der Waals surface area contributed by atoms with E-state index in [-0.39, 0.29) is 12.5 Å². The molecule has 0 radical (unpaired) electrons. The standard InChI is InChI=1S/C22H21N2O3PS/c1-26-21-14-20(27-28-29)13-12-17(21)16-24(19-10-6-3-7-11-19)22(25)15-23-18-8-4-2-5-9-18/h2-14,23H,15-16H2,1H3. The van der Waals surface area contributed by atoms with Crippen LogP contribution in [0.4, 0.5) is 11.4 Å². The monoisotopic (exact) mass is 424 g/mol. The van der Waals surface area contributed by atoms with Gasteiger partial charge < -0.3 is 19.5 Å². The van der Waals surface area contributed by atoms with Crippen molar-refractivity contribution in [3.05, 3.63) is 84.4 Å². The van der Waals surface area contributed by atoms with Crippen LogP contribution in [0.1, 0.15) is 5.56 Å². The molecular weight excluding hydrogens is 403 g/mol. The Kier molecular flexibility index (Phi) is 7.56. The molecule has 0 fully saturated rings. The van der Waals surface area contributed by atoms with Crippen LogP contribution in [0.2, 0.25) is 0 Å². The summed E-state index contributed by atoms with van der Waals surface area (Å²) in [7, 11) is 1.99. The second-order valence-electron chi connectivity index (χ2n) is 6.17. The van der Waals surface area contributed by atoms with Crippen molar-refractivity contribution in [2.75, 3.05) is 23.9 Å². The number of hydrogen-bond donors (Lipinski definition) is 1. The Morgan fingerprint density at radius 2 is 1.72 bits per heavy atom. The molecule has 0 aliphatic carbocycles. The fourth-order valence-corrected chi connectivity index (χ4v) is 3.34. The summed E-state index contributed by atoms with van der Waals surface area (Å²) in [5.41, 5.74) is 2.59. The Morgan fingerprint density at radius 1 is 1.03 bits per heavy atom. The fourth-order valence-electron chi connectivity index (χ4n) is 2.89. The molecule has 0 spiro atoms. The van der Waals surface area contributed by atoms with E-state index in [9.17, 15) is 4.79 Å². The third-order valence-corrected chi connectivity index (χ3v) is 4.83. The molecule has 3 rings (SSSR count). The van der Waals surface area contributed by atoms with Gasteiger partial charge in [0, 0.05) is 23.0 Å². The van der Waals surface area contributed by atoms with Gasteiger partial charge in [0.15, 0.2) is 0 Å². The first-order valence-corrected chi connectivity index (χ1v) is 10.8. The zero-order chi connectivity index (χ0) is 20.5. The summed E-state index contributed by atoms with van der Waals surface area (Å²) in [6.45, 7) is 0.547. The van der Waals surface area contributed by atoms with Gasteiger partial charge in [-0.25, -0.2) is 0 Å². The van der Waals surface area contributed by atoms with Gasteiger partial charge in [-0.2, -0.15) is 0 Å². The number of anilines is 2. The Morgan fingerprint density at radius 3 is 2.38 bits per heavy atom. The molecule has 3 aromatic carbocycles. The van der Waals surface area contributed by atoms with Crippen LogP contribution in [0, 0.1) is 0 Å². The van der Waals surface area contributed by atoms with Crippen LogP contribution >= 0.6 is 7.58 Å². The summed E-state index contributed by atoms with van der Waals surface area (Å²) in [5.74, 6) is 1.23. The average molecular weight is 424 g/mol. The molecule has 0 aromatic heterocycles. The predicted octanol–water partition coefficient (Wildman–Crippen LogP) is 5.04. The Bertz CT molecular complexity index is 955. The van der Waals surface area contributed by atoms with Crippen LogP contribution in [0.25, 0.3) is 0 Å². The highest BCUT2D eigenvalue weighted by Crippen LogP contribution is 2.29. The summed E-state index contributed by atoms with van der Waals surface area (Å²) < 4.78 is 10.9. The number of nitrogens with zero attached hydrogens (tertiary/aromatic N) is 1. The fraction of sp³-hybridized carbons (Fsp3) is 0.136. The number of para-hydroxylation sites is 2. The van der Waals surface area contributed by atoms with Gasteiger partial charge in [-0.15, -0.1) is 0 Å². The van der Waals surface area contributed by atoms with Gasteiger partial charge in [0.25, 0.3) is 0 Å². The molecule has 0 aliphatic rings. The third-order valence-electron chi connectivity index (χ3n) is 4.32. The van der Waals surface area contributed by atoms with E-state index in [1.807, 2.05) is 72.8 Å². The molecule has 0 aliphatic heterocycles. The van der Waals surface area contributed by atoms with Gasteiger partial charge in [0.2, 0.25) is 13.5 Å². The normalized spacial score (nSPS) is 10.4. The summed E-state index contributed by atoms with van der Waals surface area (Å²) >= 11 is 4.83. The summed E-state index contributed by atoms with van der Waals surface area (Å²) in [6, 6.07) is 24.7. The van der Waals surface area contributed by atoms with Crippen molar-refractivity contribution in [2.24, 2.45) is 0 Å². The number of ether oxygens (including phenoxy) is 1. The van der Waals surface area contributed by atoms with Crippen LogP contribution in [-0.2, 0) is 23.1 Å². The number of nitrogens with one attached hydrogen (secondary N) is 1. The van der Waals surface area contributed by atoms with Crippen molar-refractivity contribution in [3.8, 4) is 11.5 Å². The Hall–Kier alpha value is -2.95. The Labute approximate surface area is 177 Å². The molecule has 148 valence electrons. The zero-order valence-electron chi connectivity index (χ0n) is 15.9. The second-order valence-corrected chi connectivity index (χ2v) is 6.95. The number of hydrogen-bond acceptors (Lipinski definition) is 5. The molecule has 0 bridgehead atoms. The second kappa shape index (κ2) is 10.6. The first kappa shape index (κ1) is 20.8.